The number of alkyl carbamates (subject to hydrolysis) is 1. The summed E-state index contributed by atoms with van der Waals surface area (Å²) in [7, 11) is 1.38. The highest BCUT2D eigenvalue weighted by atomic mass is 32.2. The monoisotopic (exact) mass is 576 g/mol. The Kier molecular flexibility index (Phi) is 11.2. The standard InChI is InChI=1S/C32H36N2O6S/c1-22(29-33-27(21-41-29)30(35)38-2)18-19-26(34-32(37)39-20-23-12-6-3-7-13-23)31(36)40-28(24-14-8-4-9-15-24)25-16-10-5-11-17-25/h3-17,22,26-29,33H,18-21H2,1-2H3,(H,34,37)/t22-,26+,27+,29-/m1/s1. The van der Waals surface area contributed by atoms with Crippen molar-refractivity contribution in [3.8, 4) is 0 Å². The fraction of sp³-hybridized carbons (Fsp3) is 0.344. The van der Waals surface area contributed by atoms with Gasteiger partial charge in [-0.05, 0) is 35.4 Å². The molecular weight excluding hydrogens is 540 g/mol. The molecule has 0 saturated carbocycles. The lowest BCUT2D eigenvalue weighted by Crippen LogP contribution is -2.43. The molecule has 0 bridgehead atoms. The van der Waals surface area contributed by atoms with Crippen LogP contribution in [0.1, 0.15) is 42.6 Å². The van der Waals surface area contributed by atoms with Gasteiger partial charge in [-0.1, -0.05) is 97.9 Å². The van der Waals surface area contributed by atoms with Crippen molar-refractivity contribution in [3.05, 3.63) is 108 Å². The summed E-state index contributed by atoms with van der Waals surface area (Å²) >= 11 is 1.65. The third-order valence-electron chi connectivity index (χ3n) is 6.95. The van der Waals surface area contributed by atoms with Gasteiger partial charge in [-0.15, -0.1) is 11.8 Å². The molecule has 3 aromatic rings. The Morgan fingerprint density at radius 1 is 0.902 bits per heavy atom. The number of amides is 1. The Balaban J connectivity index is 1.45. The van der Waals surface area contributed by atoms with Gasteiger partial charge < -0.3 is 19.5 Å². The van der Waals surface area contributed by atoms with Crippen LogP contribution in [0.4, 0.5) is 4.79 Å². The maximum atomic E-state index is 13.6. The first kappa shape index (κ1) is 30.1. The highest BCUT2D eigenvalue weighted by molar-refractivity contribution is 8.00. The van der Waals surface area contributed by atoms with E-state index < -0.39 is 24.2 Å². The summed E-state index contributed by atoms with van der Waals surface area (Å²) in [5.41, 5.74) is 2.49. The molecule has 9 heteroatoms. The molecule has 1 heterocycles. The van der Waals surface area contributed by atoms with E-state index in [0.717, 1.165) is 16.7 Å². The van der Waals surface area contributed by atoms with Gasteiger partial charge in [-0.3, -0.25) is 10.1 Å². The third kappa shape index (κ3) is 8.83. The second-order valence-electron chi connectivity index (χ2n) is 9.95. The fourth-order valence-electron chi connectivity index (χ4n) is 4.62. The van der Waals surface area contributed by atoms with Crippen molar-refractivity contribution in [2.45, 2.75) is 49.9 Å². The summed E-state index contributed by atoms with van der Waals surface area (Å²) < 4.78 is 16.4. The molecule has 8 nitrogen and oxygen atoms in total. The third-order valence-corrected chi connectivity index (χ3v) is 8.43. The topological polar surface area (TPSA) is 103 Å². The van der Waals surface area contributed by atoms with Crippen molar-refractivity contribution in [1.82, 2.24) is 10.6 Å². The number of ether oxygens (including phenoxy) is 3. The average molecular weight is 577 g/mol. The number of hydrogen-bond acceptors (Lipinski definition) is 8. The van der Waals surface area contributed by atoms with Crippen LogP contribution in [0.3, 0.4) is 0 Å². The highest BCUT2D eigenvalue weighted by Crippen LogP contribution is 2.30. The Hall–Kier alpha value is -3.82. The maximum Gasteiger partial charge on any atom is 0.408 e. The molecule has 0 unspecified atom stereocenters. The van der Waals surface area contributed by atoms with Crippen LogP contribution in [-0.2, 0) is 30.4 Å². The Bertz CT molecular complexity index is 1220. The smallest absolute Gasteiger partial charge is 0.408 e. The summed E-state index contributed by atoms with van der Waals surface area (Å²) in [5, 5.41) is 6.07. The van der Waals surface area contributed by atoms with Gasteiger partial charge in [0.1, 0.15) is 18.7 Å². The van der Waals surface area contributed by atoms with E-state index in [1.807, 2.05) is 91.0 Å². The second kappa shape index (κ2) is 15.3. The molecule has 41 heavy (non-hydrogen) atoms. The summed E-state index contributed by atoms with van der Waals surface area (Å²) in [6.07, 6.45) is -0.407. The SMILES string of the molecule is COC(=O)[C@@H]1CS[C@H]([C@H](C)CC[C@H](NC(=O)OCc2ccccc2)C(=O)OC(c2ccccc2)c2ccccc2)N1. The molecule has 2 N–H and O–H groups in total. The molecule has 0 radical (unpaired) electrons. The first-order valence-electron chi connectivity index (χ1n) is 13.7. The number of thioether (sulfide) groups is 1. The largest absolute Gasteiger partial charge is 0.468 e. The maximum absolute atomic E-state index is 13.6. The van der Waals surface area contributed by atoms with Gasteiger partial charge in [-0.2, -0.15) is 0 Å². The van der Waals surface area contributed by atoms with E-state index >= 15 is 0 Å². The Labute approximate surface area is 245 Å². The van der Waals surface area contributed by atoms with Crippen LogP contribution in [0.5, 0.6) is 0 Å². The molecule has 0 spiro atoms. The molecule has 1 fully saturated rings. The quantitative estimate of drug-likeness (QED) is 0.223. The average Bonchev–Trinajstić information content (AvgIpc) is 3.52. The fourth-order valence-corrected chi connectivity index (χ4v) is 5.98. The van der Waals surface area contributed by atoms with Crippen molar-refractivity contribution in [2.75, 3.05) is 12.9 Å². The zero-order chi connectivity index (χ0) is 29.0. The van der Waals surface area contributed by atoms with Crippen molar-refractivity contribution >= 4 is 29.8 Å². The molecule has 1 aliphatic rings. The zero-order valence-electron chi connectivity index (χ0n) is 23.2. The van der Waals surface area contributed by atoms with E-state index in [4.69, 9.17) is 14.2 Å². The van der Waals surface area contributed by atoms with E-state index in [2.05, 4.69) is 17.6 Å². The van der Waals surface area contributed by atoms with E-state index in [-0.39, 0.29) is 29.9 Å². The van der Waals surface area contributed by atoms with Gasteiger partial charge in [0.25, 0.3) is 0 Å². The Morgan fingerprint density at radius 3 is 2.07 bits per heavy atom. The molecule has 1 amide bonds. The number of benzene rings is 3. The van der Waals surface area contributed by atoms with Crippen LogP contribution >= 0.6 is 11.8 Å². The normalized spacial score (nSPS) is 17.8. The lowest BCUT2D eigenvalue weighted by molar-refractivity contribution is -0.150. The molecule has 3 aromatic carbocycles. The van der Waals surface area contributed by atoms with Crippen LogP contribution in [-0.4, -0.2) is 48.4 Å². The van der Waals surface area contributed by atoms with Crippen LogP contribution in [0.15, 0.2) is 91.0 Å². The minimum atomic E-state index is -0.932. The second-order valence-corrected chi connectivity index (χ2v) is 11.1. The van der Waals surface area contributed by atoms with E-state index in [1.54, 1.807) is 11.8 Å². The molecule has 4 atom stereocenters. The first-order chi connectivity index (χ1) is 19.9. The molecule has 4 rings (SSSR count). The molecule has 1 saturated heterocycles. The molecule has 0 aromatic heterocycles. The van der Waals surface area contributed by atoms with Gasteiger partial charge in [-0.25, -0.2) is 9.59 Å². The van der Waals surface area contributed by atoms with Crippen LogP contribution in [0.25, 0.3) is 0 Å². The first-order valence-corrected chi connectivity index (χ1v) is 14.7. The molecule has 0 aliphatic carbocycles. The molecule has 1 aliphatic heterocycles. The number of nitrogens with one attached hydrogen (secondary N) is 2. The summed E-state index contributed by atoms with van der Waals surface area (Å²) in [6, 6.07) is 27.1. The number of rotatable bonds is 12. The number of methoxy groups -OCH3 is 1. The Morgan fingerprint density at radius 2 is 1.49 bits per heavy atom. The van der Waals surface area contributed by atoms with Gasteiger partial charge in [0.15, 0.2) is 6.10 Å². The summed E-state index contributed by atoms with van der Waals surface area (Å²) in [5.74, 6) is -0.117. The van der Waals surface area contributed by atoms with Crippen molar-refractivity contribution in [3.63, 3.8) is 0 Å². The van der Waals surface area contributed by atoms with Gasteiger partial charge in [0.2, 0.25) is 0 Å². The minimum Gasteiger partial charge on any atom is -0.468 e. The van der Waals surface area contributed by atoms with E-state index in [9.17, 15) is 14.4 Å². The summed E-state index contributed by atoms with van der Waals surface area (Å²) in [6.45, 7) is 2.14. The zero-order valence-corrected chi connectivity index (χ0v) is 24.0. The summed E-state index contributed by atoms with van der Waals surface area (Å²) in [4.78, 5) is 38.4. The number of hydrogen-bond donors (Lipinski definition) is 2. The molecular formula is C32H36N2O6S. The van der Waals surface area contributed by atoms with Gasteiger partial charge >= 0.3 is 18.0 Å². The lowest BCUT2D eigenvalue weighted by Gasteiger charge is -2.25. The van der Waals surface area contributed by atoms with Gasteiger partial charge in [0, 0.05) is 5.75 Å². The van der Waals surface area contributed by atoms with Crippen molar-refractivity contribution in [1.29, 1.82) is 0 Å². The predicted octanol–water partition coefficient (Wildman–Crippen LogP) is 5.23. The number of esters is 2. The molecule has 216 valence electrons. The van der Waals surface area contributed by atoms with E-state index in [1.165, 1.54) is 7.11 Å². The van der Waals surface area contributed by atoms with Crippen molar-refractivity contribution < 1.29 is 28.6 Å². The highest BCUT2D eigenvalue weighted by Gasteiger charge is 2.34. The van der Waals surface area contributed by atoms with Crippen LogP contribution in [0, 0.1) is 5.92 Å². The predicted molar refractivity (Wildman–Crippen MR) is 158 cm³/mol. The van der Waals surface area contributed by atoms with Crippen LogP contribution < -0.4 is 10.6 Å². The number of carbonyl (C=O) groups is 3. The van der Waals surface area contributed by atoms with Gasteiger partial charge in [0.05, 0.1) is 12.5 Å². The number of carbonyl (C=O) groups excluding carboxylic acids is 3. The van der Waals surface area contributed by atoms with E-state index in [0.29, 0.717) is 18.6 Å². The minimum absolute atomic E-state index is 0.0159. The van der Waals surface area contributed by atoms with Crippen molar-refractivity contribution in [2.24, 2.45) is 5.92 Å². The lowest BCUT2D eigenvalue weighted by atomic mass is 9.99. The van der Waals surface area contributed by atoms with Crippen LogP contribution in [0.2, 0.25) is 0 Å².